The molecule has 300 valence electrons. The fraction of sp³-hybridized carbons (Fsp3) is 0.333. The maximum Gasteiger partial charge on any atom is 0.408 e. The van der Waals surface area contributed by atoms with E-state index in [-0.39, 0.29) is 28.3 Å². The minimum atomic E-state index is -4.68. The van der Waals surface area contributed by atoms with Crippen molar-refractivity contribution in [3.63, 3.8) is 0 Å². The van der Waals surface area contributed by atoms with E-state index >= 15 is 0 Å². The summed E-state index contributed by atoms with van der Waals surface area (Å²) in [6.07, 6.45) is -4.52. The molecule has 1 fully saturated rings. The number of para-hydroxylation sites is 1. The van der Waals surface area contributed by atoms with Crippen LogP contribution in [0.4, 0.5) is 17.6 Å². The van der Waals surface area contributed by atoms with Crippen LogP contribution in [0.2, 0.25) is 5.02 Å². The molecule has 0 saturated carbocycles. The number of benzene rings is 2. The second-order valence-electron chi connectivity index (χ2n) is 13.3. The van der Waals surface area contributed by atoms with Gasteiger partial charge in [0.1, 0.15) is 48.1 Å². The Morgan fingerprint density at radius 2 is 1.86 bits per heavy atom. The molecule has 1 aliphatic rings. The number of thiophene rings is 1. The predicted molar refractivity (Wildman–Crippen MR) is 205 cm³/mol. The number of fused-ring (bicyclic) bond motifs is 1. The van der Waals surface area contributed by atoms with Gasteiger partial charge in [-0.1, -0.05) is 35.9 Å². The molecule has 57 heavy (non-hydrogen) atoms. The Hall–Kier alpha value is -5.23. The topological polar surface area (TPSA) is 128 Å². The average molecular weight is 831 g/mol. The highest BCUT2D eigenvalue weighted by Crippen LogP contribution is 2.49. The zero-order valence-electron chi connectivity index (χ0n) is 32.6. The summed E-state index contributed by atoms with van der Waals surface area (Å²) < 4.78 is 94.7. The summed E-state index contributed by atoms with van der Waals surface area (Å²) in [6, 6.07) is 12.3. The number of likely N-dealkylation sites (N-methyl/N-ethyl adjacent to an activating group) is 1. The molecule has 1 unspecified atom stereocenters. The zero-order chi connectivity index (χ0) is 42.1. The minimum Gasteiger partial charge on any atom is -0.491 e. The zero-order valence-corrected chi connectivity index (χ0v) is 32.1. The molecule has 1 saturated heterocycles. The SMILES string of the molecule is [2H]C([2H])(Oc1ccccc1CC(Oc1ncnc2sc(-c3ccc(F)o3)c(-c3ccc(OCCN4CCN(C)CC4)c(Cl)c3C)c12)C(=O)O)c1ccnn1CC(F)(F)F. The average Bonchev–Trinajstić information content (AvgIpc) is 3.93. The number of nitrogens with zero attached hydrogens (tertiary/aromatic N) is 6. The van der Waals surface area contributed by atoms with Crippen molar-refractivity contribution in [3.05, 3.63) is 95.0 Å². The van der Waals surface area contributed by atoms with E-state index in [1.165, 1.54) is 30.6 Å². The molecule has 1 atom stereocenters. The standard InChI is InChI=1S/C39H37ClF4N6O6S/c1-23-26(7-8-28(34(23)40)53-18-17-49-15-13-48(2)14-16-49)32-33-36(45-22-46-37(33)57-35(32)29-9-10-31(41)55-29)56-30(38(51)52)19-24-5-3-4-6-27(24)54-20-25-11-12-47-50(25)21-39(42,43)44/h3-12,22,30H,13-21H2,1-2H3,(H,51,52)/i20D2. The lowest BCUT2D eigenvalue weighted by molar-refractivity contribution is -0.145. The highest BCUT2D eigenvalue weighted by Gasteiger charge is 2.31. The number of alkyl halides is 3. The Labute approximate surface area is 336 Å². The van der Waals surface area contributed by atoms with Gasteiger partial charge in [0.15, 0.2) is 0 Å². The van der Waals surface area contributed by atoms with E-state index in [9.17, 15) is 27.5 Å². The molecule has 4 aromatic heterocycles. The van der Waals surface area contributed by atoms with Gasteiger partial charge in [0.25, 0.3) is 6.01 Å². The van der Waals surface area contributed by atoms with Gasteiger partial charge in [0.05, 0.1) is 23.7 Å². The largest absolute Gasteiger partial charge is 0.491 e. The number of hydrogen-bond acceptors (Lipinski definition) is 11. The van der Waals surface area contributed by atoms with Crippen LogP contribution in [0.25, 0.3) is 32.0 Å². The van der Waals surface area contributed by atoms with Crippen LogP contribution in [0, 0.1) is 12.9 Å². The van der Waals surface area contributed by atoms with Crippen LogP contribution in [-0.2, 0) is 24.3 Å². The molecule has 18 heteroatoms. The maximum atomic E-state index is 14.3. The number of carboxylic acids is 1. The number of carboxylic acid groups (broad SMARTS) is 1. The molecule has 1 N–H and O–H groups in total. The van der Waals surface area contributed by atoms with E-state index in [1.807, 2.05) is 0 Å². The first-order chi connectivity index (χ1) is 28.1. The van der Waals surface area contributed by atoms with Crippen LogP contribution in [0.15, 0.2) is 71.5 Å². The molecule has 5 heterocycles. The van der Waals surface area contributed by atoms with Crippen LogP contribution < -0.4 is 14.2 Å². The predicted octanol–water partition coefficient (Wildman–Crippen LogP) is 7.76. The van der Waals surface area contributed by atoms with Gasteiger partial charge in [-0.3, -0.25) is 9.58 Å². The molecule has 0 bridgehead atoms. The first kappa shape index (κ1) is 37.4. The van der Waals surface area contributed by atoms with Gasteiger partial charge in [-0.25, -0.2) is 14.8 Å². The molecular formula is C39H37ClF4N6O6S. The number of hydrogen-bond donors (Lipinski definition) is 1. The molecule has 0 aliphatic carbocycles. The Morgan fingerprint density at radius 1 is 1.07 bits per heavy atom. The van der Waals surface area contributed by atoms with Crippen LogP contribution in [-0.4, -0.2) is 99.3 Å². The Kier molecular flexibility index (Phi) is 11.2. The Balaban J connectivity index is 1.21. The molecule has 0 spiro atoms. The van der Waals surface area contributed by atoms with Crippen molar-refractivity contribution in [3.8, 4) is 39.1 Å². The number of aromatic nitrogens is 4. The van der Waals surface area contributed by atoms with Crippen molar-refractivity contribution in [1.82, 2.24) is 29.5 Å². The van der Waals surface area contributed by atoms with Crippen LogP contribution in [0.3, 0.4) is 0 Å². The smallest absolute Gasteiger partial charge is 0.408 e. The molecule has 7 rings (SSSR count). The number of carbonyl (C=O) groups is 1. The summed E-state index contributed by atoms with van der Waals surface area (Å²) in [5, 5.41) is 14.7. The first-order valence-electron chi connectivity index (χ1n) is 18.7. The fourth-order valence-corrected chi connectivity index (χ4v) is 7.70. The van der Waals surface area contributed by atoms with Gasteiger partial charge in [-0.2, -0.15) is 22.7 Å². The summed E-state index contributed by atoms with van der Waals surface area (Å²) in [5.41, 5.74) is 1.26. The highest BCUT2D eigenvalue weighted by atomic mass is 35.5. The molecule has 2 aromatic carbocycles. The van der Waals surface area contributed by atoms with Crippen LogP contribution in [0.5, 0.6) is 17.4 Å². The Morgan fingerprint density at radius 3 is 2.60 bits per heavy atom. The van der Waals surface area contributed by atoms with Gasteiger partial charge in [-0.05, 0) is 54.9 Å². The molecule has 0 radical (unpaired) electrons. The monoisotopic (exact) mass is 830 g/mol. The van der Waals surface area contributed by atoms with E-state index in [4.69, 9.17) is 33.0 Å². The summed E-state index contributed by atoms with van der Waals surface area (Å²) in [4.78, 5) is 27.0. The van der Waals surface area contributed by atoms with Gasteiger partial charge in [-0.15, -0.1) is 11.3 Å². The Bertz CT molecular complexity index is 2460. The molecule has 1 aliphatic heterocycles. The molecule has 0 amide bonds. The lowest BCUT2D eigenvalue weighted by Crippen LogP contribution is -2.45. The second-order valence-corrected chi connectivity index (χ2v) is 14.6. The molecular weight excluding hydrogens is 792 g/mol. The number of furan rings is 1. The van der Waals surface area contributed by atoms with Gasteiger partial charge >= 0.3 is 12.1 Å². The number of ether oxygens (including phenoxy) is 3. The third-order valence-electron chi connectivity index (χ3n) is 9.35. The van der Waals surface area contributed by atoms with E-state index < -0.39 is 49.5 Å². The fourth-order valence-electron chi connectivity index (χ4n) is 6.37. The van der Waals surface area contributed by atoms with E-state index in [2.05, 4.69) is 31.9 Å². The van der Waals surface area contributed by atoms with Crippen molar-refractivity contribution in [1.29, 1.82) is 0 Å². The highest BCUT2D eigenvalue weighted by molar-refractivity contribution is 7.22. The third kappa shape index (κ3) is 9.33. The van der Waals surface area contributed by atoms with Gasteiger partial charge < -0.3 is 28.6 Å². The van der Waals surface area contributed by atoms with Crippen molar-refractivity contribution >= 4 is 39.1 Å². The van der Waals surface area contributed by atoms with E-state index in [0.29, 0.717) is 55.0 Å². The first-order valence-corrected chi connectivity index (χ1v) is 18.9. The summed E-state index contributed by atoms with van der Waals surface area (Å²) in [6.45, 7) is 2.35. The number of halogens is 5. The maximum absolute atomic E-state index is 14.3. The summed E-state index contributed by atoms with van der Waals surface area (Å²) >= 11 is 8.07. The number of rotatable bonds is 15. The van der Waals surface area contributed by atoms with Crippen molar-refractivity contribution in [2.75, 3.05) is 46.4 Å². The van der Waals surface area contributed by atoms with Crippen molar-refractivity contribution in [2.24, 2.45) is 0 Å². The van der Waals surface area contributed by atoms with Crippen molar-refractivity contribution in [2.45, 2.75) is 38.7 Å². The number of piperazine rings is 1. The summed E-state index contributed by atoms with van der Waals surface area (Å²) in [5.74, 6) is -1.07. The van der Waals surface area contributed by atoms with Crippen LogP contribution in [0.1, 0.15) is 19.6 Å². The van der Waals surface area contributed by atoms with Gasteiger partial charge in [0, 0.05) is 57.0 Å². The minimum absolute atomic E-state index is 0.139. The summed E-state index contributed by atoms with van der Waals surface area (Å²) in [7, 11) is 2.09. The quantitative estimate of drug-likeness (QED) is 0.102. The normalized spacial score (nSPS) is 15.4. The second kappa shape index (κ2) is 17.1. The van der Waals surface area contributed by atoms with Gasteiger partial charge in [0.2, 0.25) is 12.0 Å². The van der Waals surface area contributed by atoms with E-state index in [1.54, 1.807) is 25.1 Å². The molecule has 12 nitrogen and oxygen atoms in total. The molecule has 6 aromatic rings. The lowest BCUT2D eigenvalue weighted by Gasteiger charge is -2.32. The van der Waals surface area contributed by atoms with E-state index in [0.717, 1.165) is 55.8 Å². The number of aliphatic carboxylic acids is 1. The third-order valence-corrected chi connectivity index (χ3v) is 10.9. The van der Waals surface area contributed by atoms with Crippen LogP contribution >= 0.6 is 22.9 Å². The lowest BCUT2D eigenvalue weighted by atomic mass is 9.97. The van der Waals surface area contributed by atoms with Crippen molar-refractivity contribution < 1.29 is 48.8 Å².